The Morgan fingerprint density at radius 2 is 1.26 bits per heavy atom. The van der Waals surface area contributed by atoms with Crippen LogP contribution >= 0.6 is 17.0 Å². The quantitative estimate of drug-likeness (QED) is 0.125. The molecule has 0 aliphatic carbocycles. The maximum atomic E-state index is 4.93. The van der Waals surface area contributed by atoms with Gasteiger partial charge in [-0.1, -0.05) is 127 Å². The van der Waals surface area contributed by atoms with Gasteiger partial charge in [-0.05, 0) is 53.0 Å². The average Bonchev–Trinajstić information content (AvgIpc) is 3.63. The molecule has 0 fully saturated rings. The molecular weight excluding hydrogens is 707 g/mol. The van der Waals surface area contributed by atoms with Gasteiger partial charge in [0.05, 0.1) is 0 Å². The number of hydrogen-bond acceptors (Lipinski definition) is 0. The molecule has 0 N–H and O–H groups in total. The number of fused-ring (bicyclic) bond motifs is 2. The van der Waals surface area contributed by atoms with Gasteiger partial charge in [0.1, 0.15) is 0 Å². The Labute approximate surface area is 306 Å². The van der Waals surface area contributed by atoms with E-state index in [1.54, 1.807) is 0 Å². The van der Waals surface area contributed by atoms with Crippen LogP contribution in [0.1, 0.15) is 73.9 Å². The molecule has 0 aliphatic heterocycles. The van der Waals surface area contributed by atoms with Gasteiger partial charge in [0.2, 0.25) is 0 Å². The molecule has 0 saturated heterocycles. The summed E-state index contributed by atoms with van der Waals surface area (Å²) in [5.41, 5.74) is 13.8. The molecule has 0 bridgehead atoms. The summed E-state index contributed by atoms with van der Waals surface area (Å²) in [6.45, 7) is 24.4. The molecule has 244 valence electrons. The normalized spacial score (nSPS) is 10.9. The van der Waals surface area contributed by atoms with E-state index in [1.165, 1.54) is 77.2 Å². The molecule has 2 radical (unpaired) electrons. The van der Waals surface area contributed by atoms with Crippen molar-refractivity contribution in [2.75, 3.05) is 0 Å². The minimum absolute atomic E-state index is 0.204. The van der Waals surface area contributed by atoms with Crippen molar-refractivity contribution >= 4 is 48.1 Å². The van der Waals surface area contributed by atoms with Crippen molar-refractivity contribution in [3.05, 3.63) is 130 Å². The summed E-state index contributed by atoms with van der Waals surface area (Å²) < 4.78 is 0. The molecule has 47 heavy (non-hydrogen) atoms. The van der Waals surface area contributed by atoms with Crippen molar-refractivity contribution in [3.8, 4) is 22.3 Å². The van der Waals surface area contributed by atoms with Crippen molar-refractivity contribution < 1.29 is 20.8 Å². The number of benzene rings is 4. The van der Waals surface area contributed by atoms with E-state index < -0.39 is 20.8 Å². The predicted molar refractivity (Wildman–Crippen MR) is 211 cm³/mol. The topological polar surface area (TPSA) is 0 Å². The van der Waals surface area contributed by atoms with E-state index in [-0.39, 0.29) is 5.41 Å². The van der Waals surface area contributed by atoms with Gasteiger partial charge in [0.25, 0.3) is 0 Å². The number of aryl methyl sites for hydroxylation is 4. The molecule has 6 aromatic carbocycles. The minimum atomic E-state index is -0.826. The van der Waals surface area contributed by atoms with Gasteiger partial charge in [-0.15, -0.1) is 68.6 Å². The average molecular weight is 757 g/mol. The molecule has 0 unspecified atom stereocenters. The first-order valence-electron chi connectivity index (χ1n) is 16.4. The molecule has 0 heterocycles. The van der Waals surface area contributed by atoms with Crippen LogP contribution in [0.3, 0.4) is 0 Å². The number of hydrogen-bond donors (Lipinski definition) is 0. The van der Waals surface area contributed by atoms with Gasteiger partial charge in [-0.25, -0.2) is 0 Å². The van der Waals surface area contributed by atoms with Crippen LogP contribution in [0.15, 0.2) is 97.1 Å². The Morgan fingerprint density at radius 1 is 0.681 bits per heavy atom. The second-order valence-electron chi connectivity index (χ2n) is 13.7. The predicted octanol–water partition coefficient (Wildman–Crippen LogP) is 14.3. The Kier molecular flexibility index (Phi) is 15.0. The van der Waals surface area contributed by atoms with Crippen molar-refractivity contribution in [3.63, 3.8) is 0 Å². The zero-order valence-corrected chi connectivity index (χ0v) is 35.0. The van der Waals surface area contributed by atoms with Gasteiger partial charge in [-0.3, -0.25) is 0 Å². The zero-order valence-electron chi connectivity index (χ0n) is 30.1. The van der Waals surface area contributed by atoms with Crippen molar-refractivity contribution in [1.29, 1.82) is 0 Å². The molecule has 0 spiro atoms. The third kappa shape index (κ3) is 10.1. The molecule has 6 aromatic rings. The van der Waals surface area contributed by atoms with Gasteiger partial charge in [0, 0.05) is 9.52 Å². The molecule has 4 heteroatoms. The molecule has 6 rings (SSSR count). The molecule has 0 saturated carbocycles. The summed E-state index contributed by atoms with van der Waals surface area (Å²) in [7, 11) is 11.0. The van der Waals surface area contributed by atoms with Gasteiger partial charge >= 0.3 is 37.9 Å². The molecular formula is C43H50Cl2SiZr. The summed E-state index contributed by atoms with van der Waals surface area (Å²) >= 11 is -0.826. The Morgan fingerprint density at radius 3 is 1.81 bits per heavy atom. The molecule has 0 atom stereocenters. The monoisotopic (exact) mass is 754 g/mol. The van der Waals surface area contributed by atoms with Crippen LogP contribution in [0.5, 0.6) is 0 Å². The van der Waals surface area contributed by atoms with Crippen LogP contribution in [0.4, 0.5) is 0 Å². The number of halogens is 2. The summed E-state index contributed by atoms with van der Waals surface area (Å²) in [5.74, 6) is 0.573. The molecule has 0 aromatic heterocycles. The van der Waals surface area contributed by atoms with Crippen LogP contribution in [0, 0.1) is 27.7 Å². The van der Waals surface area contributed by atoms with Crippen molar-refractivity contribution in [2.24, 2.45) is 0 Å². The molecule has 0 aliphatic rings. The van der Waals surface area contributed by atoms with E-state index in [1.807, 2.05) is 0 Å². The Balaban J connectivity index is 0.000000221. The van der Waals surface area contributed by atoms with Crippen molar-refractivity contribution in [1.82, 2.24) is 0 Å². The van der Waals surface area contributed by atoms with E-state index in [0.717, 1.165) is 9.52 Å². The standard InChI is InChI=1S/C22H25.C19H19.C2H6Si.2ClH.Zr/c1-15(2)18-13-17-7-6-8-20(21(17)14-18)16-9-11-19(12-10-16)22(3,4)5;1-12-10-17-13(2)8-9-16(18(17)11-12)19-14(3)6-5-7-15(19)4;1-3-2;;;/h6-15H,1-5H3;5-11H,1-4H3;1-2H3;2*1H;/q2*-1;;;;+4/p-2. The summed E-state index contributed by atoms with van der Waals surface area (Å²) in [5, 5.41) is 5.49. The second-order valence-corrected chi connectivity index (χ2v) is 18.4. The van der Waals surface area contributed by atoms with Crippen LogP contribution in [0.25, 0.3) is 43.8 Å². The maximum absolute atomic E-state index is 4.93. The van der Waals surface area contributed by atoms with E-state index in [0.29, 0.717) is 5.92 Å². The summed E-state index contributed by atoms with van der Waals surface area (Å²) in [4.78, 5) is 0. The van der Waals surface area contributed by atoms with Gasteiger partial charge in [0.15, 0.2) is 0 Å². The molecule has 0 amide bonds. The Hall–Kier alpha value is -2.22. The van der Waals surface area contributed by atoms with Crippen LogP contribution in [-0.2, 0) is 26.3 Å². The van der Waals surface area contributed by atoms with E-state index >= 15 is 0 Å². The fraction of sp³-hybridized carbons (Fsp3) is 0.302. The third-order valence-electron chi connectivity index (χ3n) is 8.50. The van der Waals surface area contributed by atoms with Crippen LogP contribution < -0.4 is 0 Å². The van der Waals surface area contributed by atoms with Gasteiger partial charge < -0.3 is 0 Å². The van der Waals surface area contributed by atoms with Crippen LogP contribution in [0.2, 0.25) is 13.1 Å². The SMILES string of the molecule is CC(C)c1cc2c(-c3ccc(C(C)(C)C)cc3)cccc2[cH-]1.C[Si]C.Cc1cc2c(-c3c(C)cccc3C)ccc(C)c2[cH-]1.[Cl][Zr+2][Cl]. The van der Waals surface area contributed by atoms with Crippen LogP contribution in [-0.4, -0.2) is 9.52 Å². The van der Waals surface area contributed by atoms with E-state index in [9.17, 15) is 0 Å². The first kappa shape index (κ1) is 39.2. The fourth-order valence-electron chi connectivity index (χ4n) is 6.04. The second kappa shape index (κ2) is 18.0. The number of rotatable bonds is 3. The first-order chi connectivity index (χ1) is 22.3. The van der Waals surface area contributed by atoms with E-state index in [2.05, 4.69) is 172 Å². The van der Waals surface area contributed by atoms with Crippen molar-refractivity contribution in [2.45, 2.75) is 86.7 Å². The zero-order chi connectivity index (χ0) is 34.9. The first-order valence-corrected chi connectivity index (χ1v) is 24.7. The third-order valence-corrected chi connectivity index (χ3v) is 8.50. The fourth-order valence-corrected chi connectivity index (χ4v) is 6.04. The van der Waals surface area contributed by atoms with Gasteiger partial charge in [-0.2, -0.15) is 12.1 Å². The molecule has 0 nitrogen and oxygen atoms in total. The van der Waals surface area contributed by atoms with E-state index in [4.69, 9.17) is 17.0 Å². The summed E-state index contributed by atoms with van der Waals surface area (Å²) in [6.07, 6.45) is 0. The summed E-state index contributed by atoms with van der Waals surface area (Å²) in [6, 6.07) is 36.0. The Bertz CT molecular complexity index is 1840.